The van der Waals surface area contributed by atoms with Crippen molar-refractivity contribution in [1.29, 1.82) is 0 Å². The molecule has 2 aromatic heterocycles. The van der Waals surface area contributed by atoms with Crippen LogP contribution in [-0.2, 0) is 0 Å². The lowest BCUT2D eigenvalue weighted by Crippen LogP contribution is -2.53. The van der Waals surface area contributed by atoms with Gasteiger partial charge in [-0.1, -0.05) is 12.8 Å². The van der Waals surface area contributed by atoms with Crippen LogP contribution in [0.1, 0.15) is 25.7 Å². The summed E-state index contributed by atoms with van der Waals surface area (Å²) >= 11 is 0. The zero-order valence-electron chi connectivity index (χ0n) is 17.8. The second-order valence-electron chi connectivity index (χ2n) is 8.38. The quantitative estimate of drug-likeness (QED) is 0.655. The van der Waals surface area contributed by atoms with Gasteiger partial charge in [0.1, 0.15) is 11.3 Å². The number of pyridine rings is 1. The van der Waals surface area contributed by atoms with Crippen molar-refractivity contribution in [3.63, 3.8) is 0 Å². The van der Waals surface area contributed by atoms with Crippen LogP contribution in [0.15, 0.2) is 36.4 Å². The van der Waals surface area contributed by atoms with E-state index in [0.717, 1.165) is 18.4 Å². The highest BCUT2D eigenvalue weighted by atomic mass is 19.1. The van der Waals surface area contributed by atoms with Gasteiger partial charge in [0, 0.05) is 37.8 Å². The van der Waals surface area contributed by atoms with E-state index in [4.69, 9.17) is 10.7 Å². The second kappa shape index (κ2) is 8.57. The molecule has 0 atom stereocenters. The monoisotopic (exact) mass is 435 g/mol. The van der Waals surface area contributed by atoms with Gasteiger partial charge in [0.05, 0.1) is 11.2 Å². The maximum absolute atomic E-state index is 13.3. The SMILES string of the molecule is Nc1nc(N2CCN(C(=O)NC3CCCC3)CC2)c2nc(-c3ccc(F)cc3)ccc2n1. The molecule has 3 heterocycles. The van der Waals surface area contributed by atoms with E-state index in [0.29, 0.717) is 54.8 Å². The molecular formula is C23H26FN7O. The molecule has 32 heavy (non-hydrogen) atoms. The Kier molecular flexibility index (Phi) is 5.46. The molecule has 0 spiro atoms. The van der Waals surface area contributed by atoms with Crippen LogP contribution in [0.5, 0.6) is 0 Å². The number of halogens is 1. The van der Waals surface area contributed by atoms with Crippen LogP contribution >= 0.6 is 0 Å². The van der Waals surface area contributed by atoms with Crippen LogP contribution in [0.3, 0.4) is 0 Å². The number of urea groups is 1. The van der Waals surface area contributed by atoms with Crippen LogP contribution in [0.25, 0.3) is 22.3 Å². The maximum atomic E-state index is 13.3. The van der Waals surface area contributed by atoms with Crippen molar-refractivity contribution in [3.05, 3.63) is 42.2 Å². The van der Waals surface area contributed by atoms with Gasteiger partial charge in [-0.2, -0.15) is 4.98 Å². The molecule has 9 heteroatoms. The minimum atomic E-state index is -0.291. The molecule has 1 aliphatic carbocycles. The lowest BCUT2D eigenvalue weighted by Gasteiger charge is -2.36. The average Bonchev–Trinajstić information content (AvgIpc) is 3.32. The fourth-order valence-corrected chi connectivity index (χ4v) is 4.48. The fraction of sp³-hybridized carbons (Fsp3) is 0.391. The van der Waals surface area contributed by atoms with Crippen molar-refractivity contribution < 1.29 is 9.18 Å². The first-order chi connectivity index (χ1) is 15.6. The third-order valence-electron chi connectivity index (χ3n) is 6.23. The Morgan fingerprint density at radius 2 is 1.69 bits per heavy atom. The highest BCUT2D eigenvalue weighted by Crippen LogP contribution is 2.28. The number of amides is 2. The zero-order chi connectivity index (χ0) is 22.1. The Labute approximate surface area is 185 Å². The van der Waals surface area contributed by atoms with Crippen molar-refractivity contribution in [1.82, 2.24) is 25.2 Å². The number of aromatic nitrogens is 3. The van der Waals surface area contributed by atoms with Gasteiger partial charge in [-0.3, -0.25) is 0 Å². The molecule has 8 nitrogen and oxygen atoms in total. The summed E-state index contributed by atoms with van der Waals surface area (Å²) in [5.74, 6) is 0.554. The number of nitrogens with one attached hydrogen (secondary N) is 1. The minimum absolute atomic E-state index is 0.0142. The first-order valence-corrected chi connectivity index (χ1v) is 11.1. The minimum Gasteiger partial charge on any atom is -0.368 e. The zero-order valence-corrected chi connectivity index (χ0v) is 17.8. The number of carbonyl (C=O) groups is 1. The smallest absolute Gasteiger partial charge is 0.317 e. The number of piperazine rings is 1. The van der Waals surface area contributed by atoms with Gasteiger partial charge in [0.2, 0.25) is 5.95 Å². The van der Waals surface area contributed by atoms with Crippen LogP contribution in [-0.4, -0.2) is 58.1 Å². The van der Waals surface area contributed by atoms with Crippen molar-refractivity contribution in [3.8, 4) is 11.3 Å². The number of hydrogen-bond donors (Lipinski definition) is 2. The van der Waals surface area contributed by atoms with Crippen LogP contribution in [0.2, 0.25) is 0 Å². The van der Waals surface area contributed by atoms with E-state index >= 15 is 0 Å². The third kappa shape index (κ3) is 4.15. The van der Waals surface area contributed by atoms with Crippen LogP contribution in [0.4, 0.5) is 21.0 Å². The molecule has 1 aliphatic heterocycles. The number of nitrogens with zero attached hydrogens (tertiary/aromatic N) is 5. The molecule has 1 saturated heterocycles. The first-order valence-electron chi connectivity index (χ1n) is 11.1. The van der Waals surface area contributed by atoms with E-state index in [9.17, 15) is 9.18 Å². The molecule has 0 bridgehead atoms. The molecule has 1 saturated carbocycles. The number of nitrogens with two attached hydrogens (primary N) is 1. The average molecular weight is 436 g/mol. The van der Waals surface area contributed by atoms with Gasteiger partial charge < -0.3 is 20.9 Å². The van der Waals surface area contributed by atoms with Gasteiger partial charge in [-0.05, 0) is 49.2 Å². The standard InChI is InChI=1S/C23H26FN7O/c24-16-7-5-15(6-8-16)18-9-10-19-20(27-18)21(29-22(25)28-19)30-11-13-31(14-12-30)23(32)26-17-3-1-2-4-17/h5-10,17H,1-4,11-14H2,(H,26,32)(H2,25,28,29). The summed E-state index contributed by atoms with van der Waals surface area (Å²) in [7, 11) is 0. The van der Waals surface area contributed by atoms with Crippen molar-refractivity contribution in [2.45, 2.75) is 31.7 Å². The Bertz CT molecular complexity index is 1120. The molecule has 3 aromatic rings. The summed E-state index contributed by atoms with van der Waals surface area (Å²) in [5, 5.41) is 3.16. The summed E-state index contributed by atoms with van der Waals surface area (Å²) in [6, 6.07) is 10.2. The molecule has 2 aliphatic rings. The Balaban J connectivity index is 1.37. The van der Waals surface area contributed by atoms with E-state index in [1.807, 2.05) is 17.0 Å². The molecule has 5 rings (SSSR count). The Morgan fingerprint density at radius 3 is 2.41 bits per heavy atom. The topological polar surface area (TPSA) is 100 Å². The van der Waals surface area contributed by atoms with E-state index in [2.05, 4.69) is 20.2 Å². The number of carbonyl (C=O) groups excluding carboxylic acids is 1. The van der Waals surface area contributed by atoms with Crippen molar-refractivity contribution in [2.24, 2.45) is 0 Å². The van der Waals surface area contributed by atoms with Gasteiger partial charge in [-0.15, -0.1) is 0 Å². The number of hydrogen-bond acceptors (Lipinski definition) is 6. The van der Waals surface area contributed by atoms with Crippen LogP contribution in [0, 0.1) is 5.82 Å². The molecule has 3 N–H and O–H groups in total. The number of nitrogen functional groups attached to an aromatic ring is 1. The molecule has 2 amide bonds. The fourth-order valence-electron chi connectivity index (χ4n) is 4.48. The maximum Gasteiger partial charge on any atom is 0.317 e. The number of anilines is 2. The van der Waals surface area contributed by atoms with Gasteiger partial charge in [0.15, 0.2) is 5.82 Å². The first kappa shape index (κ1) is 20.4. The van der Waals surface area contributed by atoms with E-state index < -0.39 is 0 Å². The molecule has 166 valence electrons. The lowest BCUT2D eigenvalue weighted by molar-refractivity contribution is 0.190. The summed E-state index contributed by atoms with van der Waals surface area (Å²) < 4.78 is 13.3. The van der Waals surface area contributed by atoms with Crippen LogP contribution < -0.4 is 16.0 Å². The van der Waals surface area contributed by atoms with E-state index in [-0.39, 0.29) is 17.8 Å². The van der Waals surface area contributed by atoms with Gasteiger partial charge >= 0.3 is 6.03 Å². The summed E-state index contributed by atoms with van der Waals surface area (Å²) in [6.45, 7) is 2.46. The van der Waals surface area contributed by atoms with Gasteiger partial charge in [-0.25, -0.2) is 19.2 Å². The van der Waals surface area contributed by atoms with E-state index in [1.54, 1.807) is 12.1 Å². The predicted octanol–water partition coefficient (Wildman–Crippen LogP) is 3.19. The molecular weight excluding hydrogens is 409 g/mol. The number of fused-ring (bicyclic) bond motifs is 1. The van der Waals surface area contributed by atoms with Crippen molar-refractivity contribution >= 4 is 28.8 Å². The van der Waals surface area contributed by atoms with E-state index in [1.165, 1.54) is 25.0 Å². The molecule has 2 fully saturated rings. The second-order valence-corrected chi connectivity index (χ2v) is 8.38. The normalized spacial score (nSPS) is 17.2. The molecule has 1 aromatic carbocycles. The largest absolute Gasteiger partial charge is 0.368 e. The highest BCUT2D eigenvalue weighted by Gasteiger charge is 2.26. The summed E-state index contributed by atoms with van der Waals surface area (Å²) in [5.41, 5.74) is 8.79. The van der Waals surface area contributed by atoms with Crippen molar-refractivity contribution in [2.75, 3.05) is 36.8 Å². The summed E-state index contributed by atoms with van der Waals surface area (Å²) in [6.07, 6.45) is 4.52. The number of benzene rings is 1. The van der Waals surface area contributed by atoms with Gasteiger partial charge in [0.25, 0.3) is 0 Å². The Morgan fingerprint density at radius 1 is 0.969 bits per heavy atom. The highest BCUT2D eigenvalue weighted by molar-refractivity contribution is 5.88. The lowest BCUT2D eigenvalue weighted by atomic mass is 10.1. The number of rotatable bonds is 3. The third-order valence-corrected chi connectivity index (χ3v) is 6.23. The summed E-state index contributed by atoms with van der Waals surface area (Å²) in [4.78, 5) is 30.1. The Hall–Kier alpha value is -3.49. The molecule has 0 unspecified atom stereocenters. The predicted molar refractivity (Wildman–Crippen MR) is 122 cm³/mol. The molecule has 0 radical (unpaired) electrons.